The lowest BCUT2D eigenvalue weighted by Gasteiger charge is -2.19. The van der Waals surface area contributed by atoms with Crippen LogP contribution in [0.4, 0.5) is 14.4 Å². The van der Waals surface area contributed by atoms with Crippen molar-refractivity contribution in [2.75, 3.05) is 46.1 Å². The Bertz CT molecular complexity index is 1160. The molecule has 2 aromatic rings. The summed E-state index contributed by atoms with van der Waals surface area (Å²) in [5, 5.41) is 10.7. The van der Waals surface area contributed by atoms with E-state index in [-0.39, 0.29) is 32.3 Å². The van der Waals surface area contributed by atoms with Crippen LogP contribution in [0.1, 0.15) is 51.2 Å². The van der Waals surface area contributed by atoms with Crippen molar-refractivity contribution in [1.29, 1.82) is 0 Å². The molecule has 13 nitrogen and oxygen atoms in total. The molecule has 46 heavy (non-hydrogen) atoms. The predicted octanol–water partition coefficient (Wildman–Crippen LogP) is 4.05. The number of hydrogen-bond acceptors (Lipinski definition) is 9. The molecule has 4 N–H and O–H groups in total. The van der Waals surface area contributed by atoms with Gasteiger partial charge in [0.2, 0.25) is 5.91 Å². The Balaban J connectivity index is 1.65. The van der Waals surface area contributed by atoms with Gasteiger partial charge in [0.1, 0.15) is 24.9 Å². The summed E-state index contributed by atoms with van der Waals surface area (Å²) in [5.74, 6) is -0.375. The van der Waals surface area contributed by atoms with Gasteiger partial charge in [0, 0.05) is 19.6 Å². The van der Waals surface area contributed by atoms with Crippen molar-refractivity contribution in [2.45, 2.75) is 64.9 Å². The van der Waals surface area contributed by atoms with Gasteiger partial charge in [-0.25, -0.2) is 14.4 Å². The van der Waals surface area contributed by atoms with Crippen LogP contribution in [-0.4, -0.2) is 81.9 Å². The number of amides is 4. The first-order valence-electron chi connectivity index (χ1n) is 15.4. The van der Waals surface area contributed by atoms with Crippen LogP contribution in [0.5, 0.6) is 0 Å². The number of carbonyl (C=O) groups excluding carboxylic acids is 4. The van der Waals surface area contributed by atoms with Crippen LogP contribution in [0.25, 0.3) is 0 Å². The molecule has 0 bridgehead atoms. The van der Waals surface area contributed by atoms with Gasteiger partial charge in [0.15, 0.2) is 0 Å². The molecule has 2 rings (SSSR count). The quantitative estimate of drug-likeness (QED) is 0.123. The summed E-state index contributed by atoms with van der Waals surface area (Å²) >= 11 is 0. The van der Waals surface area contributed by atoms with E-state index in [1.165, 1.54) is 0 Å². The van der Waals surface area contributed by atoms with E-state index in [1.807, 2.05) is 60.7 Å². The zero-order chi connectivity index (χ0) is 33.5. The summed E-state index contributed by atoms with van der Waals surface area (Å²) in [7, 11) is 0. The third-order valence-electron chi connectivity index (χ3n) is 6.06. The van der Waals surface area contributed by atoms with Crippen molar-refractivity contribution in [2.24, 2.45) is 0 Å². The molecule has 0 saturated carbocycles. The van der Waals surface area contributed by atoms with E-state index in [9.17, 15) is 19.2 Å². The fraction of sp³-hybridized carbons (Fsp3) is 0.515. The molecule has 13 heteroatoms. The molecule has 0 aromatic heterocycles. The maximum atomic E-state index is 12.9. The van der Waals surface area contributed by atoms with E-state index in [1.54, 1.807) is 20.8 Å². The lowest BCUT2D eigenvalue weighted by Crippen LogP contribution is -2.47. The molecule has 1 unspecified atom stereocenters. The minimum Gasteiger partial charge on any atom is -0.445 e. The summed E-state index contributed by atoms with van der Waals surface area (Å²) in [6.07, 6.45) is -0.284. The maximum Gasteiger partial charge on any atom is 0.408 e. The molecule has 2 aromatic carbocycles. The highest BCUT2D eigenvalue weighted by Crippen LogP contribution is 2.07. The van der Waals surface area contributed by atoms with Crippen molar-refractivity contribution in [3.63, 3.8) is 0 Å². The smallest absolute Gasteiger partial charge is 0.408 e. The normalized spacial score (nSPS) is 11.5. The fourth-order valence-corrected chi connectivity index (χ4v) is 3.84. The average molecular weight is 645 g/mol. The maximum absolute atomic E-state index is 12.9. The van der Waals surface area contributed by atoms with Crippen molar-refractivity contribution < 1.29 is 42.9 Å². The zero-order valence-electron chi connectivity index (χ0n) is 27.0. The van der Waals surface area contributed by atoms with E-state index in [0.717, 1.165) is 11.1 Å². The van der Waals surface area contributed by atoms with Crippen LogP contribution in [0.15, 0.2) is 60.7 Å². The topological polar surface area (TPSA) is 163 Å². The van der Waals surface area contributed by atoms with Gasteiger partial charge < -0.3 is 45.0 Å². The number of rotatable bonds is 20. The van der Waals surface area contributed by atoms with Crippen LogP contribution >= 0.6 is 0 Å². The molecule has 0 fully saturated rings. The summed E-state index contributed by atoms with van der Waals surface area (Å²) in [4.78, 5) is 48.9. The van der Waals surface area contributed by atoms with Gasteiger partial charge in [-0.3, -0.25) is 4.79 Å². The standard InChI is InChI=1S/C33H48N4O9/c1-33(2,3)46-31(40)36-19-21-43-23-22-42-20-18-34-29(38)28(37-32(41)45-25-27-14-8-5-9-15-27)16-10-11-17-35-30(39)44-24-26-12-6-4-7-13-26/h4-9,12-15,28H,10-11,16-25H2,1-3H3,(H,34,38)(H,35,39)(H,36,40)(H,37,41). The number of ether oxygens (including phenoxy) is 5. The van der Waals surface area contributed by atoms with Crippen LogP contribution in [0.2, 0.25) is 0 Å². The molecule has 0 aliphatic heterocycles. The third kappa shape index (κ3) is 19.1. The van der Waals surface area contributed by atoms with E-state index >= 15 is 0 Å². The Labute approximate surface area is 271 Å². The number of hydrogen-bond donors (Lipinski definition) is 4. The number of nitrogens with one attached hydrogen (secondary N) is 4. The van der Waals surface area contributed by atoms with E-state index < -0.39 is 29.9 Å². The number of benzene rings is 2. The average Bonchev–Trinajstić information content (AvgIpc) is 3.03. The lowest BCUT2D eigenvalue weighted by atomic mass is 10.1. The van der Waals surface area contributed by atoms with E-state index in [0.29, 0.717) is 52.2 Å². The second-order valence-corrected chi connectivity index (χ2v) is 11.2. The highest BCUT2D eigenvalue weighted by Gasteiger charge is 2.21. The molecule has 0 radical (unpaired) electrons. The minimum atomic E-state index is -0.839. The number of unbranched alkanes of at least 4 members (excludes halogenated alkanes) is 1. The van der Waals surface area contributed by atoms with Crippen molar-refractivity contribution in [3.05, 3.63) is 71.8 Å². The Morgan fingerprint density at radius 1 is 0.630 bits per heavy atom. The van der Waals surface area contributed by atoms with E-state index in [4.69, 9.17) is 23.7 Å². The lowest BCUT2D eigenvalue weighted by molar-refractivity contribution is -0.123. The summed E-state index contributed by atoms with van der Waals surface area (Å²) in [6, 6.07) is 17.8. The molecule has 254 valence electrons. The second kappa shape index (κ2) is 22.2. The van der Waals surface area contributed by atoms with Gasteiger partial charge in [0.25, 0.3) is 0 Å². The Hall–Kier alpha value is -4.36. The fourth-order valence-electron chi connectivity index (χ4n) is 3.84. The summed E-state index contributed by atoms with van der Waals surface area (Å²) < 4.78 is 26.5. The minimum absolute atomic E-state index is 0.0724. The van der Waals surface area contributed by atoms with Gasteiger partial charge in [0.05, 0.1) is 26.4 Å². The Morgan fingerprint density at radius 2 is 1.15 bits per heavy atom. The molecule has 0 spiro atoms. The molecular formula is C33H48N4O9. The molecule has 4 amide bonds. The number of carbonyl (C=O) groups is 4. The van der Waals surface area contributed by atoms with Crippen LogP contribution in [0.3, 0.4) is 0 Å². The molecule has 0 aliphatic carbocycles. The highest BCUT2D eigenvalue weighted by atomic mass is 16.6. The Kier molecular flexibility index (Phi) is 18.3. The SMILES string of the molecule is CC(C)(C)OC(=O)NCCOCCOCCNC(=O)C(CCCCNC(=O)OCc1ccccc1)NC(=O)OCc1ccccc1. The highest BCUT2D eigenvalue weighted by molar-refractivity contribution is 5.85. The van der Waals surface area contributed by atoms with Gasteiger partial charge >= 0.3 is 18.3 Å². The first kappa shape index (κ1) is 37.8. The van der Waals surface area contributed by atoms with Gasteiger partial charge in [-0.05, 0) is 51.2 Å². The first-order chi connectivity index (χ1) is 22.1. The van der Waals surface area contributed by atoms with Crippen molar-refractivity contribution in [3.8, 4) is 0 Å². The van der Waals surface area contributed by atoms with Gasteiger partial charge in [-0.2, -0.15) is 0 Å². The molecule has 1 atom stereocenters. The largest absolute Gasteiger partial charge is 0.445 e. The zero-order valence-corrected chi connectivity index (χ0v) is 27.0. The van der Waals surface area contributed by atoms with Crippen molar-refractivity contribution >= 4 is 24.2 Å². The number of alkyl carbamates (subject to hydrolysis) is 3. The second-order valence-electron chi connectivity index (χ2n) is 11.2. The molecule has 0 saturated heterocycles. The van der Waals surface area contributed by atoms with Crippen LogP contribution < -0.4 is 21.3 Å². The van der Waals surface area contributed by atoms with E-state index in [2.05, 4.69) is 21.3 Å². The van der Waals surface area contributed by atoms with Crippen LogP contribution in [0, 0.1) is 0 Å². The van der Waals surface area contributed by atoms with Crippen LogP contribution in [-0.2, 0) is 41.7 Å². The van der Waals surface area contributed by atoms with Gasteiger partial charge in [-0.1, -0.05) is 60.7 Å². The first-order valence-corrected chi connectivity index (χ1v) is 15.4. The monoisotopic (exact) mass is 644 g/mol. The van der Waals surface area contributed by atoms with Crippen molar-refractivity contribution in [1.82, 2.24) is 21.3 Å². The molecular weight excluding hydrogens is 596 g/mol. The Morgan fingerprint density at radius 3 is 1.72 bits per heavy atom. The molecule has 0 aliphatic rings. The van der Waals surface area contributed by atoms with Gasteiger partial charge in [-0.15, -0.1) is 0 Å². The summed E-state index contributed by atoms with van der Waals surface area (Å²) in [5.41, 5.74) is 1.15. The summed E-state index contributed by atoms with van der Waals surface area (Å²) in [6.45, 7) is 7.66. The molecule has 0 heterocycles. The third-order valence-corrected chi connectivity index (χ3v) is 6.06. The predicted molar refractivity (Wildman–Crippen MR) is 171 cm³/mol.